The summed E-state index contributed by atoms with van der Waals surface area (Å²) in [4.78, 5) is 0. The van der Waals surface area contributed by atoms with Gasteiger partial charge in [0, 0.05) is 13.2 Å². The number of hydrazine groups is 1. The number of nitrogens with two attached hydrogens (primary N) is 2. The Balaban J connectivity index is 2.86. The monoisotopic (exact) mass is 191 g/mol. The molecule has 0 aromatic heterocycles. The number of nitrogens with zero attached hydrogens (tertiary/aromatic N) is 1. The van der Waals surface area contributed by atoms with Gasteiger partial charge in [-0.3, -0.25) is 0 Å². The van der Waals surface area contributed by atoms with Gasteiger partial charge >= 0.3 is 0 Å². The number of hydrogen-bond acceptors (Lipinski definition) is 3. The second-order valence-electron chi connectivity index (χ2n) is 3.30. The van der Waals surface area contributed by atoms with Crippen LogP contribution in [0.3, 0.4) is 0 Å². The van der Waals surface area contributed by atoms with Crippen LogP contribution in [0.1, 0.15) is 18.1 Å². The molecule has 1 aromatic rings. The Morgan fingerprint density at radius 2 is 1.93 bits per heavy atom. The van der Waals surface area contributed by atoms with Crippen LogP contribution < -0.4 is 11.6 Å². The van der Waals surface area contributed by atoms with E-state index < -0.39 is 0 Å². The van der Waals surface area contributed by atoms with Gasteiger partial charge in [0.1, 0.15) is 0 Å². The van der Waals surface area contributed by atoms with E-state index in [-0.39, 0.29) is 0 Å². The Bertz CT molecular complexity index is 312. The van der Waals surface area contributed by atoms with Gasteiger partial charge in [0.05, 0.1) is 5.70 Å². The molecule has 0 fully saturated rings. The van der Waals surface area contributed by atoms with E-state index in [1.54, 1.807) is 13.2 Å². The standard InChI is InChI=1S/C11H17N3/c1-3-9-4-6-10(7-5-9)11(12)8-14(2)13/h4-8H,3,12-13H2,1-2H3/b11-8-. The third-order valence-electron chi connectivity index (χ3n) is 2.04. The molecule has 0 aliphatic carbocycles. The first-order valence-electron chi connectivity index (χ1n) is 4.67. The van der Waals surface area contributed by atoms with E-state index in [0.717, 1.165) is 12.0 Å². The van der Waals surface area contributed by atoms with Gasteiger partial charge in [0.25, 0.3) is 0 Å². The van der Waals surface area contributed by atoms with Crippen molar-refractivity contribution in [3.63, 3.8) is 0 Å². The molecule has 0 aliphatic heterocycles. The lowest BCUT2D eigenvalue weighted by Gasteiger charge is -2.08. The van der Waals surface area contributed by atoms with Crippen molar-refractivity contribution in [1.82, 2.24) is 5.01 Å². The SMILES string of the molecule is CCc1ccc(/C(N)=C/N(C)N)cc1. The van der Waals surface area contributed by atoms with E-state index >= 15 is 0 Å². The minimum atomic E-state index is 0.678. The predicted molar refractivity (Wildman–Crippen MR) is 59.9 cm³/mol. The molecule has 0 aliphatic rings. The highest BCUT2D eigenvalue weighted by molar-refractivity contribution is 5.62. The van der Waals surface area contributed by atoms with E-state index in [1.807, 2.05) is 12.1 Å². The average molecular weight is 191 g/mol. The van der Waals surface area contributed by atoms with Crippen LogP contribution in [0, 0.1) is 0 Å². The molecule has 3 nitrogen and oxygen atoms in total. The van der Waals surface area contributed by atoms with E-state index in [9.17, 15) is 0 Å². The fourth-order valence-corrected chi connectivity index (χ4v) is 1.23. The minimum absolute atomic E-state index is 0.678. The molecule has 4 N–H and O–H groups in total. The van der Waals surface area contributed by atoms with E-state index in [0.29, 0.717) is 5.70 Å². The first-order valence-corrected chi connectivity index (χ1v) is 4.67. The lowest BCUT2D eigenvalue weighted by Crippen LogP contribution is -2.20. The summed E-state index contributed by atoms with van der Waals surface area (Å²) in [6.45, 7) is 2.13. The third kappa shape index (κ3) is 2.78. The fourth-order valence-electron chi connectivity index (χ4n) is 1.23. The van der Waals surface area contributed by atoms with Gasteiger partial charge in [-0.25, -0.2) is 5.84 Å². The van der Waals surface area contributed by atoms with Gasteiger partial charge < -0.3 is 10.7 Å². The molecule has 0 saturated heterocycles. The smallest absolute Gasteiger partial charge is 0.0564 e. The van der Waals surface area contributed by atoms with Crippen LogP contribution in [-0.2, 0) is 6.42 Å². The lowest BCUT2D eigenvalue weighted by atomic mass is 10.1. The molecule has 0 spiro atoms. The highest BCUT2D eigenvalue weighted by Crippen LogP contribution is 2.10. The van der Waals surface area contributed by atoms with Crippen molar-refractivity contribution in [2.75, 3.05) is 7.05 Å². The summed E-state index contributed by atoms with van der Waals surface area (Å²) in [6.07, 6.45) is 2.74. The number of hydrogen-bond donors (Lipinski definition) is 2. The second kappa shape index (κ2) is 4.67. The zero-order valence-electron chi connectivity index (χ0n) is 8.70. The summed E-state index contributed by atoms with van der Waals surface area (Å²) < 4.78 is 0. The van der Waals surface area contributed by atoms with E-state index in [4.69, 9.17) is 11.6 Å². The minimum Gasteiger partial charge on any atom is -0.397 e. The molecule has 14 heavy (non-hydrogen) atoms. The van der Waals surface area contributed by atoms with Crippen LogP contribution in [0.15, 0.2) is 30.5 Å². The molecule has 0 amide bonds. The van der Waals surface area contributed by atoms with Gasteiger partial charge in [-0.05, 0) is 17.5 Å². The van der Waals surface area contributed by atoms with Crippen LogP contribution in [0.5, 0.6) is 0 Å². The quantitative estimate of drug-likeness (QED) is 0.559. The Labute approximate surface area is 85.0 Å². The van der Waals surface area contributed by atoms with Crippen LogP contribution in [0.2, 0.25) is 0 Å². The molecule has 0 heterocycles. The predicted octanol–water partition coefficient (Wildman–Crippen LogP) is 1.31. The molecule has 0 bridgehead atoms. The molecule has 0 radical (unpaired) electrons. The molecule has 0 atom stereocenters. The summed E-state index contributed by atoms with van der Waals surface area (Å²) >= 11 is 0. The van der Waals surface area contributed by atoms with Crippen LogP contribution in [0.4, 0.5) is 0 Å². The number of rotatable bonds is 3. The van der Waals surface area contributed by atoms with Crippen molar-refractivity contribution >= 4 is 5.70 Å². The van der Waals surface area contributed by atoms with Crippen molar-refractivity contribution in [2.45, 2.75) is 13.3 Å². The summed E-state index contributed by atoms with van der Waals surface area (Å²) in [7, 11) is 1.74. The Morgan fingerprint density at radius 1 is 1.36 bits per heavy atom. The van der Waals surface area contributed by atoms with Crippen molar-refractivity contribution in [1.29, 1.82) is 0 Å². The summed E-state index contributed by atoms with van der Waals surface area (Å²) in [6, 6.07) is 8.17. The van der Waals surface area contributed by atoms with Crippen LogP contribution in [0.25, 0.3) is 5.70 Å². The molecule has 3 heteroatoms. The first-order chi connectivity index (χ1) is 6.63. The Hall–Kier alpha value is -1.48. The van der Waals surface area contributed by atoms with Gasteiger partial charge in [-0.2, -0.15) is 0 Å². The van der Waals surface area contributed by atoms with Gasteiger partial charge in [0.2, 0.25) is 0 Å². The van der Waals surface area contributed by atoms with E-state index in [2.05, 4.69) is 19.1 Å². The van der Waals surface area contributed by atoms with Crippen LogP contribution >= 0.6 is 0 Å². The molecule has 76 valence electrons. The lowest BCUT2D eigenvalue weighted by molar-refractivity contribution is 0.486. The van der Waals surface area contributed by atoms with Gasteiger partial charge in [-0.15, -0.1) is 0 Å². The second-order valence-corrected chi connectivity index (χ2v) is 3.30. The van der Waals surface area contributed by atoms with Crippen molar-refractivity contribution in [3.8, 4) is 0 Å². The third-order valence-corrected chi connectivity index (χ3v) is 2.04. The summed E-state index contributed by atoms with van der Waals surface area (Å²) in [5.74, 6) is 5.46. The van der Waals surface area contributed by atoms with Gasteiger partial charge in [-0.1, -0.05) is 31.2 Å². The Kier molecular flexibility index (Phi) is 3.54. The number of benzene rings is 1. The maximum atomic E-state index is 5.83. The topological polar surface area (TPSA) is 55.3 Å². The number of aryl methyl sites for hydroxylation is 1. The molecule has 1 aromatic carbocycles. The maximum absolute atomic E-state index is 5.83. The zero-order chi connectivity index (χ0) is 10.6. The summed E-state index contributed by atoms with van der Waals surface area (Å²) in [5, 5.41) is 1.45. The highest BCUT2D eigenvalue weighted by atomic mass is 15.4. The molecular formula is C11H17N3. The van der Waals surface area contributed by atoms with Crippen LogP contribution in [-0.4, -0.2) is 12.1 Å². The molecular weight excluding hydrogens is 174 g/mol. The summed E-state index contributed by atoms with van der Waals surface area (Å²) in [5.41, 5.74) is 8.81. The normalized spacial score (nSPS) is 11.5. The van der Waals surface area contributed by atoms with Crippen molar-refractivity contribution < 1.29 is 0 Å². The first kappa shape index (κ1) is 10.6. The van der Waals surface area contributed by atoms with Crippen molar-refractivity contribution in [2.24, 2.45) is 11.6 Å². The zero-order valence-corrected chi connectivity index (χ0v) is 8.70. The van der Waals surface area contributed by atoms with Crippen molar-refractivity contribution in [3.05, 3.63) is 41.6 Å². The maximum Gasteiger partial charge on any atom is 0.0564 e. The highest BCUT2D eigenvalue weighted by Gasteiger charge is 1.96. The molecule has 0 saturated carbocycles. The Morgan fingerprint density at radius 3 is 2.36 bits per heavy atom. The average Bonchev–Trinajstić information content (AvgIpc) is 2.17. The van der Waals surface area contributed by atoms with Gasteiger partial charge in [0.15, 0.2) is 0 Å². The fraction of sp³-hybridized carbons (Fsp3) is 0.273. The molecule has 0 unspecified atom stereocenters. The van der Waals surface area contributed by atoms with E-state index in [1.165, 1.54) is 10.6 Å². The largest absolute Gasteiger partial charge is 0.397 e. The molecule has 1 rings (SSSR count).